The third-order valence-electron chi connectivity index (χ3n) is 12.4. The summed E-state index contributed by atoms with van der Waals surface area (Å²) < 4.78 is -0.0557. The van der Waals surface area contributed by atoms with Crippen molar-refractivity contribution in [3.63, 3.8) is 0 Å². The van der Waals surface area contributed by atoms with Gasteiger partial charge < -0.3 is 0 Å². The monoisotopic (exact) mass is 819 g/mol. The van der Waals surface area contributed by atoms with Crippen molar-refractivity contribution >= 4 is 62.2 Å². The Kier molecular flexibility index (Phi) is 8.52. The summed E-state index contributed by atoms with van der Waals surface area (Å²) in [4.78, 5) is 0. The number of allylic oxidation sites excluding steroid dienone is 2. The van der Waals surface area contributed by atoms with E-state index in [1.807, 2.05) is 0 Å². The molecule has 2 aliphatic rings. The first-order valence-corrected chi connectivity index (χ1v) is 35.1. The Labute approximate surface area is 322 Å². The first kappa shape index (κ1) is 35.0. The van der Waals surface area contributed by atoms with Gasteiger partial charge in [0, 0.05) is 0 Å². The maximum absolute atomic E-state index is 8.89. The molecule has 0 nitrogen and oxygen atoms in total. The topological polar surface area (TPSA) is 0 Å². The molecule has 2 unspecified atom stereocenters. The number of hydrogen-bond donors (Lipinski definition) is 0. The summed E-state index contributed by atoms with van der Waals surface area (Å²) in [7, 11) is 17.8. The Morgan fingerprint density at radius 3 is 1.74 bits per heavy atom. The fraction of sp³-hybridized carbons (Fsp3) is 0.143. The third kappa shape index (κ3) is 5.31. The molecule has 0 aromatic heterocycles. The summed E-state index contributed by atoms with van der Waals surface area (Å²) in [6.45, 7) is 11.7. The summed E-state index contributed by atoms with van der Waals surface area (Å²) in [6, 6.07) is 51.3. The molecule has 0 heterocycles. The third-order valence-corrected chi connectivity index (χ3v) is 64.3. The van der Waals surface area contributed by atoms with Crippen LogP contribution in [-0.4, -0.2) is 5.92 Å². The number of halogens is 2. The minimum absolute atomic E-state index is 0.00161. The Balaban J connectivity index is 1.31. The molecule has 7 aromatic carbocycles. The van der Waals surface area contributed by atoms with Gasteiger partial charge in [-0.15, -0.1) is 0 Å². The number of rotatable bonds is 6. The molecule has 0 saturated heterocycles. The van der Waals surface area contributed by atoms with E-state index in [0.717, 1.165) is 0 Å². The number of hydrogen-bond acceptors (Lipinski definition) is 0. The molecule has 0 bridgehead atoms. The van der Waals surface area contributed by atoms with Crippen molar-refractivity contribution in [3.05, 3.63) is 184 Å². The fourth-order valence-corrected chi connectivity index (χ4v) is 41.4. The van der Waals surface area contributed by atoms with Crippen molar-refractivity contribution in [2.75, 3.05) is 0 Å². The quantitative estimate of drug-likeness (QED) is 0.147. The van der Waals surface area contributed by atoms with Crippen LogP contribution < -0.4 is 0 Å². The van der Waals surface area contributed by atoms with Crippen LogP contribution in [0.4, 0.5) is 0 Å². The summed E-state index contributed by atoms with van der Waals surface area (Å²) >= 11 is -5.08. The van der Waals surface area contributed by atoms with Crippen LogP contribution in [0.3, 0.4) is 0 Å². The van der Waals surface area contributed by atoms with Crippen molar-refractivity contribution in [1.29, 1.82) is 0 Å². The van der Waals surface area contributed by atoms with Crippen molar-refractivity contribution in [2.45, 2.75) is 41.1 Å². The molecule has 0 radical (unpaired) electrons. The molecule has 0 saturated carbocycles. The molecule has 0 N–H and O–H groups in total. The first-order valence-electron chi connectivity index (χ1n) is 18.8. The van der Waals surface area contributed by atoms with Gasteiger partial charge in [0.25, 0.3) is 0 Å². The SMILES string of the molecule is CC1=Cc2c(-c3cccc4ccccc34)ccc(C)c2[CH]1[Zr]([Cl])([Cl])([CH]1C(c2cccc(C)c2)=Cc2c(-c3cccc4ccccc34)cccc21)[SiH](C)C. The normalized spacial score (nSPS) is 17.4. The molecule has 261 valence electrons. The number of aryl methyl sites for hydroxylation is 2. The van der Waals surface area contributed by atoms with Crippen LogP contribution in [0, 0.1) is 13.8 Å². The summed E-state index contributed by atoms with van der Waals surface area (Å²) in [5, 5.41) is 5.03. The van der Waals surface area contributed by atoms with Gasteiger partial charge >= 0.3 is 325 Å². The van der Waals surface area contributed by atoms with Gasteiger partial charge in [-0.3, -0.25) is 0 Å². The summed E-state index contributed by atoms with van der Waals surface area (Å²) in [5.74, 6) is -1.77. The molecule has 53 heavy (non-hydrogen) atoms. The molecule has 0 aliphatic heterocycles. The predicted molar refractivity (Wildman–Crippen MR) is 232 cm³/mol. The average molecular weight is 822 g/mol. The Bertz CT molecular complexity index is 2690. The zero-order chi connectivity index (χ0) is 36.7. The molecular formula is C49H43Cl2SiZr. The van der Waals surface area contributed by atoms with Gasteiger partial charge in [0.15, 0.2) is 0 Å². The first-order chi connectivity index (χ1) is 25.6. The molecule has 9 rings (SSSR count). The van der Waals surface area contributed by atoms with Gasteiger partial charge in [-0.1, -0.05) is 0 Å². The van der Waals surface area contributed by atoms with Gasteiger partial charge in [-0.2, -0.15) is 0 Å². The van der Waals surface area contributed by atoms with E-state index in [1.165, 1.54) is 93.9 Å². The van der Waals surface area contributed by atoms with Gasteiger partial charge in [0.2, 0.25) is 0 Å². The van der Waals surface area contributed by atoms with Crippen LogP contribution in [0.2, 0.25) is 13.1 Å². The maximum atomic E-state index is 8.89. The second-order valence-electron chi connectivity index (χ2n) is 15.7. The van der Waals surface area contributed by atoms with E-state index in [1.54, 1.807) is 0 Å². The van der Waals surface area contributed by atoms with Crippen molar-refractivity contribution in [2.24, 2.45) is 0 Å². The number of fused-ring (bicyclic) bond motifs is 4. The molecule has 2 aliphatic carbocycles. The van der Waals surface area contributed by atoms with E-state index in [0.29, 0.717) is 0 Å². The Morgan fingerprint density at radius 2 is 1.09 bits per heavy atom. The summed E-state index contributed by atoms with van der Waals surface area (Å²) in [6.07, 6.45) is 4.91. The predicted octanol–water partition coefficient (Wildman–Crippen LogP) is 14.7. The van der Waals surface area contributed by atoms with Crippen LogP contribution in [0.5, 0.6) is 0 Å². The van der Waals surface area contributed by atoms with Gasteiger partial charge in [-0.25, -0.2) is 0 Å². The second-order valence-corrected chi connectivity index (χ2v) is 58.2. The van der Waals surface area contributed by atoms with Crippen molar-refractivity contribution in [1.82, 2.24) is 0 Å². The van der Waals surface area contributed by atoms with E-state index in [-0.39, 0.29) is 7.25 Å². The van der Waals surface area contributed by atoms with Gasteiger partial charge in [0.1, 0.15) is 0 Å². The van der Waals surface area contributed by atoms with Crippen LogP contribution in [0.1, 0.15) is 53.1 Å². The standard InChI is InChI=1S/C26H19.C21H17.C2H7Si.2ClH.Zr/c1-18-7-4-10-20(15-18)22-16-21-11-6-14-25(26(21)17-22)24-13-5-9-19-8-2-3-12-23(19)24;1-14-12-20-15(2)10-11-19(21(20)13-14)18-9-5-7-16-6-3-4-8-17(16)18;1-3-2;;;/h2-17H,1H3;3-13H,1-2H3;3H,1-2H3;2*1H;/q;;;;;+2/p-2. The van der Waals surface area contributed by atoms with E-state index in [2.05, 4.69) is 186 Å². The second kappa shape index (κ2) is 12.9. The molecule has 0 amide bonds. The van der Waals surface area contributed by atoms with Crippen LogP contribution in [0.15, 0.2) is 145 Å². The molecule has 4 heteroatoms. The average Bonchev–Trinajstić information content (AvgIpc) is 3.75. The Morgan fingerprint density at radius 1 is 0.528 bits per heavy atom. The van der Waals surface area contributed by atoms with Gasteiger partial charge in [0.05, 0.1) is 0 Å². The van der Waals surface area contributed by atoms with Gasteiger partial charge in [-0.05, 0) is 0 Å². The van der Waals surface area contributed by atoms with E-state index in [9.17, 15) is 0 Å². The number of benzene rings is 7. The molecule has 7 aromatic rings. The zero-order valence-corrected chi connectivity index (χ0v) is 36.0. The fourth-order valence-electron chi connectivity index (χ4n) is 9.83. The van der Waals surface area contributed by atoms with E-state index in [4.69, 9.17) is 17.0 Å². The minimum atomic E-state index is -5.08. The van der Waals surface area contributed by atoms with E-state index < -0.39 is 21.5 Å². The molecular weight excluding hydrogens is 779 g/mol. The molecule has 0 spiro atoms. The van der Waals surface area contributed by atoms with Crippen LogP contribution in [-0.2, 0) is 15.6 Å². The van der Waals surface area contributed by atoms with Crippen LogP contribution >= 0.6 is 17.0 Å². The Hall–Kier alpha value is -3.78. The zero-order valence-electron chi connectivity index (χ0n) is 30.9. The molecule has 0 fully saturated rings. The van der Waals surface area contributed by atoms with E-state index >= 15 is 0 Å². The molecule has 2 atom stereocenters. The van der Waals surface area contributed by atoms with Crippen molar-refractivity contribution < 1.29 is 15.6 Å². The van der Waals surface area contributed by atoms with Crippen molar-refractivity contribution in [3.8, 4) is 22.3 Å². The van der Waals surface area contributed by atoms with Crippen LogP contribution in [0.25, 0.3) is 61.5 Å². The summed E-state index contributed by atoms with van der Waals surface area (Å²) in [5.41, 5.74) is 16.6.